The van der Waals surface area contributed by atoms with Crippen LogP contribution in [0.3, 0.4) is 0 Å². The lowest BCUT2D eigenvalue weighted by atomic mass is 9.83. The van der Waals surface area contributed by atoms with Crippen molar-refractivity contribution in [3.05, 3.63) is 35.9 Å². The minimum Gasteiger partial charge on any atom is -0.493 e. The first-order valence-electron chi connectivity index (χ1n) is 10.5. The zero-order valence-corrected chi connectivity index (χ0v) is 19.9. The molecule has 0 radical (unpaired) electrons. The molecule has 0 unspecified atom stereocenters. The van der Waals surface area contributed by atoms with Crippen LogP contribution in [0, 0.1) is 0 Å². The van der Waals surface area contributed by atoms with E-state index in [1.807, 2.05) is 0 Å². The molecule has 10 heteroatoms. The van der Waals surface area contributed by atoms with Crippen molar-refractivity contribution in [3.63, 3.8) is 0 Å². The number of rotatable bonds is 6. The molecule has 1 saturated heterocycles. The van der Waals surface area contributed by atoms with E-state index >= 15 is 0 Å². The third-order valence-corrected chi connectivity index (χ3v) is 8.12. The lowest BCUT2D eigenvalue weighted by Gasteiger charge is -2.43. The third-order valence-electron chi connectivity index (χ3n) is 6.23. The first-order chi connectivity index (χ1) is 15.8. The Bertz CT molecular complexity index is 1170. The molecule has 0 aromatic heterocycles. The van der Waals surface area contributed by atoms with Gasteiger partial charge in [-0.3, -0.25) is 4.79 Å². The van der Waals surface area contributed by atoms with Crippen molar-refractivity contribution >= 4 is 15.8 Å². The summed E-state index contributed by atoms with van der Waals surface area (Å²) in [5, 5.41) is 0. The highest BCUT2D eigenvalue weighted by Gasteiger charge is 2.46. The predicted octanol–water partition coefficient (Wildman–Crippen LogP) is 2.91. The Morgan fingerprint density at radius 2 is 1.52 bits per heavy atom. The number of carbonyl (C=O) groups is 1. The molecule has 2 heterocycles. The highest BCUT2D eigenvalue weighted by atomic mass is 32.2. The van der Waals surface area contributed by atoms with Crippen molar-refractivity contribution in [2.75, 3.05) is 41.5 Å². The van der Waals surface area contributed by atoms with Crippen LogP contribution >= 0.6 is 0 Å². The number of carbonyl (C=O) groups excluding carboxylic acids is 1. The van der Waals surface area contributed by atoms with E-state index < -0.39 is 15.6 Å². The van der Waals surface area contributed by atoms with Gasteiger partial charge in [-0.25, -0.2) is 8.42 Å². The smallest absolute Gasteiger partial charge is 0.243 e. The molecule has 2 aliphatic heterocycles. The van der Waals surface area contributed by atoms with Crippen LogP contribution in [-0.4, -0.2) is 65.6 Å². The maximum absolute atomic E-state index is 13.3. The molecule has 0 atom stereocenters. The van der Waals surface area contributed by atoms with Gasteiger partial charge in [-0.1, -0.05) is 0 Å². The highest BCUT2D eigenvalue weighted by molar-refractivity contribution is 7.89. The van der Waals surface area contributed by atoms with Crippen LogP contribution in [0.25, 0.3) is 0 Å². The van der Waals surface area contributed by atoms with Gasteiger partial charge in [-0.15, -0.1) is 0 Å². The van der Waals surface area contributed by atoms with Gasteiger partial charge in [0.2, 0.25) is 15.8 Å². The summed E-state index contributed by atoms with van der Waals surface area (Å²) in [6.45, 7) is 0.428. The molecule has 0 amide bonds. The molecule has 9 nitrogen and oxygen atoms in total. The summed E-state index contributed by atoms with van der Waals surface area (Å²) in [6, 6.07) is 7.86. The van der Waals surface area contributed by atoms with E-state index in [0.29, 0.717) is 47.2 Å². The van der Waals surface area contributed by atoms with Crippen molar-refractivity contribution in [3.8, 4) is 28.7 Å². The highest BCUT2D eigenvalue weighted by Crippen LogP contribution is 2.48. The molecule has 1 fully saturated rings. The molecular weight excluding hydrogens is 450 g/mol. The van der Waals surface area contributed by atoms with Gasteiger partial charge in [0.15, 0.2) is 28.8 Å². The summed E-state index contributed by atoms with van der Waals surface area (Å²) in [5.74, 6) is 1.91. The Hall–Kier alpha value is -2.98. The fraction of sp³-hybridized carbons (Fsp3) is 0.435. The molecule has 4 rings (SSSR count). The zero-order valence-electron chi connectivity index (χ0n) is 19.0. The van der Waals surface area contributed by atoms with E-state index in [0.717, 1.165) is 0 Å². The molecule has 2 aliphatic rings. The molecule has 1 spiro atoms. The van der Waals surface area contributed by atoms with E-state index in [1.165, 1.54) is 44.9 Å². The third kappa shape index (κ3) is 3.97. The summed E-state index contributed by atoms with van der Waals surface area (Å²) >= 11 is 0. The molecule has 0 saturated carbocycles. The lowest BCUT2D eigenvalue weighted by Crippen LogP contribution is -2.52. The molecular formula is C23H27NO8S. The van der Waals surface area contributed by atoms with Crippen molar-refractivity contribution in [2.45, 2.75) is 29.8 Å². The van der Waals surface area contributed by atoms with Crippen LogP contribution in [0.15, 0.2) is 35.2 Å². The van der Waals surface area contributed by atoms with Crippen LogP contribution in [0.2, 0.25) is 0 Å². The number of methoxy groups -OCH3 is 4. The second-order valence-corrected chi connectivity index (χ2v) is 9.92. The Morgan fingerprint density at radius 1 is 0.879 bits per heavy atom. The first-order valence-corrected chi connectivity index (χ1v) is 11.9. The maximum atomic E-state index is 13.3. The Kier molecular flexibility index (Phi) is 6.15. The summed E-state index contributed by atoms with van der Waals surface area (Å²) in [4.78, 5) is 13.0. The average Bonchev–Trinajstić information content (AvgIpc) is 2.82. The minimum absolute atomic E-state index is 0.0617. The number of fused-ring (bicyclic) bond motifs is 1. The lowest BCUT2D eigenvalue weighted by molar-refractivity contribution is 0.00376. The van der Waals surface area contributed by atoms with Gasteiger partial charge in [0.05, 0.1) is 45.3 Å². The number of ether oxygens (including phenoxy) is 5. The number of Topliss-reactive ketones (excluding diaryl/α,β-unsaturated/α-hetero) is 1. The standard InChI is InChI=1S/C23H27NO8S/c1-28-18-7-5-15(13-20(18)30-3)33(26,27)24-11-9-23(10-12-24)14-17(25)16-6-8-19(29-2)22(31-4)21(16)32-23/h5-8,13H,9-12,14H2,1-4H3. The number of piperidine rings is 1. The SMILES string of the molecule is COc1ccc(S(=O)(=O)N2CCC3(CC2)CC(=O)c2ccc(OC)c(OC)c2O3)cc1OC. The van der Waals surface area contributed by atoms with Crippen LogP contribution in [0.4, 0.5) is 0 Å². The molecule has 178 valence electrons. The molecule has 0 bridgehead atoms. The number of hydrogen-bond acceptors (Lipinski definition) is 8. The van der Waals surface area contributed by atoms with Gasteiger partial charge in [0, 0.05) is 32.0 Å². The van der Waals surface area contributed by atoms with Gasteiger partial charge in [0.1, 0.15) is 5.60 Å². The second kappa shape index (κ2) is 8.75. The Morgan fingerprint density at radius 3 is 2.12 bits per heavy atom. The number of nitrogens with zero attached hydrogens (tertiary/aromatic N) is 1. The van der Waals surface area contributed by atoms with E-state index in [9.17, 15) is 13.2 Å². The summed E-state index contributed by atoms with van der Waals surface area (Å²) in [5.41, 5.74) is -0.355. The van der Waals surface area contributed by atoms with Crippen LogP contribution in [0.5, 0.6) is 28.7 Å². The monoisotopic (exact) mass is 477 g/mol. The average molecular weight is 478 g/mol. The molecule has 33 heavy (non-hydrogen) atoms. The Balaban J connectivity index is 1.57. The Labute approximate surface area is 193 Å². The number of benzene rings is 2. The number of sulfonamides is 1. The second-order valence-electron chi connectivity index (χ2n) is 7.98. The molecule has 0 N–H and O–H groups in total. The topological polar surface area (TPSA) is 101 Å². The van der Waals surface area contributed by atoms with Crippen LogP contribution in [-0.2, 0) is 10.0 Å². The van der Waals surface area contributed by atoms with Gasteiger partial charge in [-0.2, -0.15) is 4.31 Å². The van der Waals surface area contributed by atoms with Crippen molar-refractivity contribution < 1.29 is 36.9 Å². The van der Waals surface area contributed by atoms with Crippen molar-refractivity contribution in [1.82, 2.24) is 4.31 Å². The zero-order chi connectivity index (χ0) is 23.8. The van der Waals surface area contributed by atoms with Crippen LogP contribution < -0.4 is 23.7 Å². The van der Waals surface area contributed by atoms with Crippen molar-refractivity contribution in [1.29, 1.82) is 0 Å². The van der Waals surface area contributed by atoms with Gasteiger partial charge in [0.25, 0.3) is 0 Å². The van der Waals surface area contributed by atoms with E-state index in [2.05, 4.69) is 0 Å². The van der Waals surface area contributed by atoms with Gasteiger partial charge < -0.3 is 23.7 Å². The number of ketones is 1. The summed E-state index contributed by atoms with van der Waals surface area (Å²) in [7, 11) is 2.19. The van der Waals surface area contributed by atoms with Crippen molar-refractivity contribution in [2.24, 2.45) is 0 Å². The summed E-state index contributed by atoms with van der Waals surface area (Å²) < 4.78 is 55.5. The van der Waals surface area contributed by atoms with Gasteiger partial charge >= 0.3 is 0 Å². The maximum Gasteiger partial charge on any atom is 0.243 e. The van der Waals surface area contributed by atoms with Gasteiger partial charge in [-0.05, 0) is 24.3 Å². The molecule has 2 aromatic rings. The normalized spacial score (nSPS) is 17.8. The first kappa shape index (κ1) is 23.2. The van der Waals surface area contributed by atoms with E-state index in [4.69, 9.17) is 23.7 Å². The minimum atomic E-state index is -3.76. The molecule has 0 aliphatic carbocycles. The quantitative estimate of drug-likeness (QED) is 0.626. The van der Waals surface area contributed by atoms with E-state index in [-0.39, 0.29) is 30.2 Å². The van der Waals surface area contributed by atoms with Crippen LogP contribution in [0.1, 0.15) is 29.6 Å². The largest absolute Gasteiger partial charge is 0.493 e. The fourth-order valence-corrected chi connectivity index (χ4v) is 5.86. The summed E-state index contributed by atoms with van der Waals surface area (Å²) in [6.07, 6.45) is 0.913. The molecule has 2 aromatic carbocycles. The predicted molar refractivity (Wildman–Crippen MR) is 119 cm³/mol. The van der Waals surface area contributed by atoms with E-state index in [1.54, 1.807) is 18.2 Å². The fourth-order valence-electron chi connectivity index (χ4n) is 4.40. The number of hydrogen-bond donors (Lipinski definition) is 0.